The monoisotopic (exact) mass is 501 g/mol. The van der Waals surface area contributed by atoms with Crippen molar-refractivity contribution in [2.45, 2.75) is 20.5 Å². The van der Waals surface area contributed by atoms with Crippen LogP contribution in [0.1, 0.15) is 16.3 Å². The molecule has 8 nitrogen and oxygen atoms in total. The van der Waals surface area contributed by atoms with Gasteiger partial charge in [-0.1, -0.05) is 0 Å². The Bertz CT molecular complexity index is 1740. The van der Waals surface area contributed by atoms with E-state index >= 15 is 0 Å². The van der Waals surface area contributed by atoms with Gasteiger partial charge in [-0.3, -0.25) is 0 Å². The van der Waals surface area contributed by atoms with Gasteiger partial charge in [0.15, 0.2) is 11.4 Å². The van der Waals surface area contributed by atoms with Crippen LogP contribution in [-0.4, -0.2) is 31.7 Å². The Morgan fingerprint density at radius 2 is 1.97 bits per heavy atom. The Kier molecular flexibility index (Phi) is 5.37. The van der Waals surface area contributed by atoms with E-state index in [-0.39, 0.29) is 6.61 Å². The minimum Gasteiger partial charge on any atom is -0.496 e. The van der Waals surface area contributed by atoms with Crippen molar-refractivity contribution in [3.05, 3.63) is 77.1 Å². The first-order chi connectivity index (χ1) is 17.5. The Morgan fingerprint density at radius 1 is 1.08 bits per heavy atom. The molecule has 5 aromatic heterocycles. The van der Waals surface area contributed by atoms with Crippen LogP contribution in [0.15, 0.2) is 59.3 Å². The van der Waals surface area contributed by atoms with E-state index in [0.29, 0.717) is 39.1 Å². The van der Waals surface area contributed by atoms with E-state index in [1.165, 1.54) is 23.6 Å². The molecule has 10 heteroatoms. The maximum Gasteiger partial charge on any atom is 0.213 e. The van der Waals surface area contributed by atoms with Gasteiger partial charge < -0.3 is 13.9 Å². The van der Waals surface area contributed by atoms with Crippen molar-refractivity contribution in [1.29, 1.82) is 0 Å². The standard InChI is InChI=1S/C26H20FN5O3S/c1-14-4-5-25-29-19(12-32(25)31-14)23-11-18-21(9-17(33-3)10-22(18)35-23)34-13-20-15(2)36-26(30-20)16-6-7-28-24(27)8-16/h4-12H,13H2,1-3H3. The van der Waals surface area contributed by atoms with Crippen molar-refractivity contribution in [3.63, 3.8) is 0 Å². The normalized spacial score (nSPS) is 11.4. The fraction of sp³-hybridized carbons (Fsp3) is 0.154. The maximum absolute atomic E-state index is 13.6. The van der Waals surface area contributed by atoms with Crippen LogP contribution in [0.3, 0.4) is 0 Å². The van der Waals surface area contributed by atoms with E-state index in [1.807, 2.05) is 50.4 Å². The summed E-state index contributed by atoms with van der Waals surface area (Å²) in [4.78, 5) is 13.9. The van der Waals surface area contributed by atoms with Crippen molar-refractivity contribution < 1.29 is 18.3 Å². The van der Waals surface area contributed by atoms with E-state index in [0.717, 1.165) is 27.3 Å². The van der Waals surface area contributed by atoms with Crippen molar-refractivity contribution in [1.82, 2.24) is 24.6 Å². The number of ether oxygens (including phenoxy) is 2. The molecule has 0 aliphatic rings. The summed E-state index contributed by atoms with van der Waals surface area (Å²) in [7, 11) is 1.59. The number of thiazole rings is 1. The zero-order valence-electron chi connectivity index (χ0n) is 19.7. The van der Waals surface area contributed by atoms with E-state index in [4.69, 9.17) is 13.9 Å². The van der Waals surface area contributed by atoms with Gasteiger partial charge in [0.25, 0.3) is 0 Å². The Balaban J connectivity index is 1.33. The van der Waals surface area contributed by atoms with Crippen LogP contribution in [0, 0.1) is 19.8 Å². The molecule has 1 aromatic carbocycles. The fourth-order valence-corrected chi connectivity index (χ4v) is 4.82. The highest BCUT2D eigenvalue weighted by Gasteiger charge is 2.17. The number of hydrogen-bond acceptors (Lipinski definition) is 8. The Labute approximate surface area is 209 Å². The van der Waals surface area contributed by atoms with Crippen LogP contribution in [0.2, 0.25) is 0 Å². The number of fused-ring (bicyclic) bond motifs is 2. The molecule has 0 fully saturated rings. The minimum atomic E-state index is -0.538. The average Bonchev–Trinajstić information content (AvgIpc) is 3.58. The molecule has 6 rings (SSSR count). The summed E-state index contributed by atoms with van der Waals surface area (Å²) >= 11 is 1.48. The highest BCUT2D eigenvalue weighted by atomic mass is 32.1. The minimum absolute atomic E-state index is 0.232. The lowest BCUT2D eigenvalue weighted by Crippen LogP contribution is -1.98. The highest BCUT2D eigenvalue weighted by molar-refractivity contribution is 7.15. The number of pyridine rings is 1. The molecule has 36 heavy (non-hydrogen) atoms. The van der Waals surface area contributed by atoms with Crippen molar-refractivity contribution in [2.75, 3.05) is 7.11 Å². The van der Waals surface area contributed by atoms with E-state index in [9.17, 15) is 4.39 Å². The fourth-order valence-electron chi connectivity index (χ4n) is 3.91. The third-order valence-electron chi connectivity index (χ3n) is 5.75. The number of nitrogens with zero attached hydrogens (tertiary/aromatic N) is 5. The van der Waals surface area contributed by atoms with E-state index < -0.39 is 5.95 Å². The molecular formula is C26H20FN5O3S. The number of methoxy groups -OCH3 is 1. The quantitative estimate of drug-likeness (QED) is 0.259. The largest absolute Gasteiger partial charge is 0.496 e. The molecule has 0 atom stereocenters. The molecule has 0 aliphatic heterocycles. The molecule has 6 aromatic rings. The maximum atomic E-state index is 13.6. The summed E-state index contributed by atoms with van der Waals surface area (Å²) in [6.07, 6.45) is 3.27. The molecule has 0 amide bonds. The summed E-state index contributed by atoms with van der Waals surface area (Å²) in [6.45, 7) is 4.13. The number of hydrogen-bond donors (Lipinski definition) is 0. The summed E-state index contributed by atoms with van der Waals surface area (Å²) in [5.41, 5.74) is 4.36. The first kappa shape index (κ1) is 22.2. The average molecular weight is 502 g/mol. The number of aryl methyl sites for hydroxylation is 2. The first-order valence-electron chi connectivity index (χ1n) is 11.1. The summed E-state index contributed by atoms with van der Waals surface area (Å²) in [5, 5.41) is 5.96. The molecular weight excluding hydrogens is 481 g/mol. The molecule has 5 heterocycles. The van der Waals surface area contributed by atoms with Crippen molar-refractivity contribution >= 4 is 28.0 Å². The molecule has 180 valence electrons. The second-order valence-electron chi connectivity index (χ2n) is 8.23. The zero-order chi connectivity index (χ0) is 24.8. The summed E-state index contributed by atoms with van der Waals surface area (Å²) in [6, 6.07) is 12.5. The topological polar surface area (TPSA) is 87.6 Å². The number of benzene rings is 1. The summed E-state index contributed by atoms with van der Waals surface area (Å²) in [5.74, 6) is 1.26. The van der Waals surface area contributed by atoms with Crippen LogP contribution in [0.5, 0.6) is 11.5 Å². The number of imidazole rings is 1. The smallest absolute Gasteiger partial charge is 0.213 e. The predicted molar refractivity (Wildman–Crippen MR) is 134 cm³/mol. The summed E-state index contributed by atoms with van der Waals surface area (Å²) < 4.78 is 33.1. The number of rotatable bonds is 6. The predicted octanol–water partition coefficient (Wildman–Crippen LogP) is 6.00. The lowest BCUT2D eigenvalue weighted by molar-refractivity contribution is 0.303. The van der Waals surface area contributed by atoms with Gasteiger partial charge in [0.1, 0.15) is 34.4 Å². The zero-order valence-corrected chi connectivity index (χ0v) is 20.5. The van der Waals surface area contributed by atoms with Crippen LogP contribution in [-0.2, 0) is 6.61 Å². The molecule has 0 aliphatic carbocycles. The van der Waals surface area contributed by atoms with Crippen molar-refractivity contribution in [2.24, 2.45) is 0 Å². The van der Waals surface area contributed by atoms with Crippen LogP contribution in [0.25, 0.3) is 38.6 Å². The number of halogens is 1. The lowest BCUT2D eigenvalue weighted by atomic mass is 10.2. The lowest BCUT2D eigenvalue weighted by Gasteiger charge is -2.08. The molecule has 0 spiro atoms. The number of aromatic nitrogens is 5. The van der Waals surface area contributed by atoms with E-state index in [2.05, 4.69) is 20.1 Å². The number of furan rings is 1. The van der Waals surface area contributed by atoms with Gasteiger partial charge in [0, 0.05) is 34.8 Å². The van der Waals surface area contributed by atoms with Gasteiger partial charge in [-0.05, 0) is 38.1 Å². The molecule has 0 saturated carbocycles. The Hall–Kier alpha value is -4.31. The Morgan fingerprint density at radius 3 is 2.81 bits per heavy atom. The van der Waals surface area contributed by atoms with Gasteiger partial charge in [-0.25, -0.2) is 19.5 Å². The third kappa shape index (κ3) is 4.05. The van der Waals surface area contributed by atoms with Gasteiger partial charge in [-0.15, -0.1) is 11.3 Å². The van der Waals surface area contributed by atoms with Gasteiger partial charge in [0.05, 0.1) is 30.1 Å². The van der Waals surface area contributed by atoms with E-state index in [1.54, 1.807) is 17.7 Å². The van der Waals surface area contributed by atoms with Crippen LogP contribution >= 0.6 is 11.3 Å². The second-order valence-corrected chi connectivity index (χ2v) is 9.43. The SMILES string of the molecule is COc1cc(OCc2nc(-c3ccnc(F)c3)sc2C)c2cc(-c3cn4nc(C)ccc4n3)oc2c1. The first-order valence-corrected chi connectivity index (χ1v) is 11.9. The van der Waals surface area contributed by atoms with Gasteiger partial charge >= 0.3 is 0 Å². The highest BCUT2D eigenvalue weighted by Crippen LogP contribution is 2.37. The van der Waals surface area contributed by atoms with Crippen molar-refractivity contribution in [3.8, 4) is 33.5 Å². The molecule has 0 bridgehead atoms. The second kappa shape index (κ2) is 8.72. The van der Waals surface area contributed by atoms with Gasteiger partial charge in [0.2, 0.25) is 5.95 Å². The molecule has 0 saturated heterocycles. The van der Waals surface area contributed by atoms with Crippen LogP contribution < -0.4 is 9.47 Å². The molecule has 0 radical (unpaired) electrons. The van der Waals surface area contributed by atoms with Crippen LogP contribution in [0.4, 0.5) is 4.39 Å². The van der Waals surface area contributed by atoms with Gasteiger partial charge in [-0.2, -0.15) is 9.49 Å². The molecule has 0 unspecified atom stereocenters. The third-order valence-corrected chi connectivity index (χ3v) is 6.81. The molecule has 0 N–H and O–H groups in total.